The first-order valence-electron chi connectivity index (χ1n) is 8.20. The molecule has 1 aliphatic carbocycles. The SMILES string of the molecule is CCCNC(COC(C)(C)C)C1CCC(C)C(C)C1. The molecule has 1 aliphatic rings. The van der Waals surface area contributed by atoms with Gasteiger partial charge < -0.3 is 10.1 Å². The van der Waals surface area contributed by atoms with Crippen molar-refractivity contribution in [3.05, 3.63) is 0 Å². The van der Waals surface area contributed by atoms with Crippen LogP contribution in [-0.4, -0.2) is 24.8 Å². The van der Waals surface area contributed by atoms with Crippen LogP contribution in [0.5, 0.6) is 0 Å². The smallest absolute Gasteiger partial charge is 0.0629 e. The number of ether oxygens (including phenoxy) is 1. The van der Waals surface area contributed by atoms with Gasteiger partial charge in [0.2, 0.25) is 0 Å². The van der Waals surface area contributed by atoms with Crippen molar-refractivity contribution in [3.63, 3.8) is 0 Å². The van der Waals surface area contributed by atoms with Crippen molar-refractivity contribution in [2.24, 2.45) is 17.8 Å². The van der Waals surface area contributed by atoms with Crippen LogP contribution in [0.2, 0.25) is 0 Å². The van der Waals surface area contributed by atoms with Crippen molar-refractivity contribution in [1.29, 1.82) is 0 Å². The lowest BCUT2D eigenvalue weighted by Crippen LogP contribution is -2.44. The average Bonchev–Trinajstić information content (AvgIpc) is 2.32. The molecule has 0 saturated heterocycles. The highest BCUT2D eigenvalue weighted by Gasteiger charge is 2.30. The van der Waals surface area contributed by atoms with Gasteiger partial charge in [-0.3, -0.25) is 0 Å². The van der Waals surface area contributed by atoms with Gasteiger partial charge in [-0.15, -0.1) is 0 Å². The van der Waals surface area contributed by atoms with Crippen LogP contribution in [0.1, 0.15) is 67.2 Å². The molecule has 4 unspecified atom stereocenters. The molecule has 1 N–H and O–H groups in total. The van der Waals surface area contributed by atoms with E-state index in [0.29, 0.717) is 6.04 Å². The van der Waals surface area contributed by atoms with Crippen molar-refractivity contribution in [1.82, 2.24) is 5.32 Å². The quantitative estimate of drug-likeness (QED) is 0.778. The van der Waals surface area contributed by atoms with Gasteiger partial charge in [0.15, 0.2) is 0 Å². The maximum absolute atomic E-state index is 6.04. The molecule has 2 heteroatoms. The van der Waals surface area contributed by atoms with Crippen LogP contribution < -0.4 is 5.32 Å². The van der Waals surface area contributed by atoms with Crippen molar-refractivity contribution in [3.8, 4) is 0 Å². The Bertz CT molecular complexity index is 246. The van der Waals surface area contributed by atoms with Crippen molar-refractivity contribution in [2.75, 3.05) is 13.2 Å². The molecule has 4 atom stereocenters. The molecule has 0 aliphatic heterocycles. The Morgan fingerprint density at radius 2 is 1.84 bits per heavy atom. The molecule has 0 aromatic rings. The Kier molecular flexibility index (Phi) is 6.82. The number of nitrogens with one attached hydrogen (secondary N) is 1. The van der Waals surface area contributed by atoms with Gasteiger partial charge in [0.1, 0.15) is 0 Å². The molecule has 19 heavy (non-hydrogen) atoms. The van der Waals surface area contributed by atoms with Crippen LogP contribution in [-0.2, 0) is 4.74 Å². The lowest BCUT2D eigenvalue weighted by molar-refractivity contribution is -0.0276. The molecule has 0 spiro atoms. The Morgan fingerprint density at radius 3 is 2.37 bits per heavy atom. The van der Waals surface area contributed by atoms with Crippen LogP contribution in [0.15, 0.2) is 0 Å². The number of rotatable bonds is 6. The molecule has 114 valence electrons. The molecular weight excluding hydrogens is 234 g/mol. The molecule has 0 radical (unpaired) electrons. The summed E-state index contributed by atoms with van der Waals surface area (Å²) in [5, 5.41) is 3.72. The molecule has 0 amide bonds. The van der Waals surface area contributed by atoms with Gasteiger partial charge >= 0.3 is 0 Å². The van der Waals surface area contributed by atoms with Gasteiger partial charge in [0.05, 0.1) is 12.2 Å². The summed E-state index contributed by atoms with van der Waals surface area (Å²) in [5.74, 6) is 2.55. The topological polar surface area (TPSA) is 21.3 Å². The molecule has 0 bridgehead atoms. The summed E-state index contributed by atoms with van der Waals surface area (Å²) >= 11 is 0. The third-order valence-electron chi connectivity index (χ3n) is 4.56. The van der Waals surface area contributed by atoms with E-state index in [9.17, 15) is 0 Å². The van der Waals surface area contributed by atoms with E-state index >= 15 is 0 Å². The fraction of sp³-hybridized carbons (Fsp3) is 1.00. The first-order valence-corrected chi connectivity index (χ1v) is 8.20. The molecule has 2 nitrogen and oxygen atoms in total. The van der Waals surface area contributed by atoms with Crippen molar-refractivity contribution in [2.45, 2.75) is 78.9 Å². The third-order valence-corrected chi connectivity index (χ3v) is 4.56. The summed E-state index contributed by atoms with van der Waals surface area (Å²) in [4.78, 5) is 0. The summed E-state index contributed by atoms with van der Waals surface area (Å²) in [6, 6.07) is 0.536. The fourth-order valence-electron chi connectivity index (χ4n) is 2.99. The molecule has 1 saturated carbocycles. The Labute approximate surface area is 120 Å². The fourth-order valence-corrected chi connectivity index (χ4v) is 2.99. The first kappa shape index (κ1) is 17.0. The summed E-state index contributed by atoms with van der Waals surface area (Å²) in [6.07, 6.45) is 5.30. The first-order chi connectivity index (χ1) is 8.83. The number of hydrogen-bond donors (Lipinski definition) is 1. The van der Waals surface area contributed by atoms with E-state index in [2.05, 4.69) is 46.9 Å². The predicted molar refractivity (Wildman–Crippen MR) is 83.5 cm³/mol. The lowest BCUT2D eigenvalue weighted by atomic mass is 9.73. The number of hydrogen-bond acceptors (Lipinski definition) is 2. The van der Waals surface area contributed by atoms with E-state index in [-0.39, 0.29) is 5.60 Å². The monoisotopic (exact) mass is 269 g/mol. The maximum Gasteiger partial charge on any atom is 0.0629 e. The van der Waals surface area contributed by atoms with Crippen molar-refractivity contribution >= 4 is 0 Å². The van der Waals surface area contributed by atoms with E-state index < -0.39 is 0 Å². The molecule has 1 rings (SSSR count). The minimum atomic E-state index is -0.0281. The Balaban J connectivity index is 2.52. The Morgan fingerprint density at radius 1 is 1.16 bits per heavy atom. The summed E-state index contributed by atoms with van der Waals surface area (Å²) in [5.41, 5.74) is -0.0281. The molecule has 0 aromatic heterocycles. The van der Waals surface area contributed by atoms with Crippen LogP contribution in [0.3, 0.4) is 0 Å². The minimum absolute atomic E-state index is 0.0281. The van der Waals surface area contributed by atoms with Gasteiger partial charge in [-0.25, -0.2) is 0 Å². The highest BCUT2D eigenvalue weighted by Crippen LogP contribution is 2.35. The second kappa shape index (κ2) is 7.64. The van der Waals surface area contributed by atoms with E-state index in [1.54, 1.807) is 0 Å². The standard InChI is InChI=1S/C17H35NO/c1-7-10-18-16(12-19-17(4,5)6)15-9-8-13(2)14(3)11-15/h13-16,18H,7-12H2,1-6H3. The highest BCUT2D eigenvalue weighted by atomic mass is 16.5. The second-order valence-corrected chi connectivity index (χ2v) is 7.51. The van der Waals surface area contributed by atoms with Crippen LogP contribution in [0.4, 0.5) is 0 Å². The Hall–Kier alpha value is -0.0800. The van der Waals surface area contributed by atoms with E-state index in [0.717, 1.165) is 30.9 Å². The van der Waals surface area contributed by atoms with E-state index in [4.69, 9.17) is 4.74 Å². The largest absolute Gasteiger partial charge is 0.374 e. The summed E-state index contributed by atoms with van der Waals surface area (Å²) < 4.78 is 6.04. The van der Waals surface area contributed by atoms with Crippen LogP contribution in [0.25, 0.3) is 0 Å². The maximum atomic E-state index is 6.04. The normalized spacial score (nSPS) is 30.3. The minimum Gasteiger partial charge on any atom is -0.374 e. The predicted octanol–water partition coefficient (Wildman–Crippen LogP) is 4.24. The molecule has 0 heterocycles. The van der Waals surface area contributed by atoms with Gasteiger partial charge in [-0.2, -0.15) is 0 Å². The zero-order chi connectivity index (χ0) is 14.5. The van der Waals surface area contributed by atoms with Gasteiger partial charge in [0.25, 0.3) is 0 Å². The highest BCUT2D eigenvalue weighted by molar-refractivity contribution is 4.84. The zero-order valence-electron chi connectivity index (χ0n) is 14.0. The molecular formula is C17H35NO. The van der Waals surface area contributed by atoms with E-state index in [1.807, 2.05) is 0 Å². The van der Waals surface area contributed by atoms with E-state index in [1.165, 1.54) is 25.7 Å². The van der Waals surface area contributed by atoms with Crippen LogP contribution >= 0.6 is 0 Å². The molecule has 1 fully saturated rings. The molecule has 0 aromatic carbocycles. The zero-order valence-corrected chi connectivity index (χ0v) is 14.0. The third kappa shape index (κ3) is 6.27. The van der Waals surface area contributed by atoms with Gasteiger partial charge in [-0.1, -0.05) is 27.2 Å². The van der Waals surface area contributed by atoms with Crippen LogP contribution in [0, 0.1) is 17.8 Å². The second-order valence-electron chi connectivity index (χ2n) is 7.51. The van der Waals surface area contributed by atoms with Crippen molar-refractivity contribution < 1.29 is 4.74 Å². The summed E-state index contributed by atoms with van der Waals surface area (Å²) in [7, 11) is 0. The lowest BCUT2D eigenvalue weighted by Gasteiger charge is -2.38. The van der Waals surface area contributed by atoms with Gasteiger partial charge in [-0.05, 0) is 64.3 Å². The van der Waals surface area contributed by atoms with Gasteiger partial charge in [0, 0.05) is 6.04 Å². The summed E-state index contributed by atoms with van der Waals surface area (Å²) in [6.45, 7) is 15.5. The average molecular weight is 269 g/mol.